The molecule has 2 aromatic rings. The van der Waals surface area contributed by atoms with E-state index in [1.165, 1.54) is 11.8 Å². The quantitative estimate of drug-likeness (QED) is 0.692. The summed E-state index contributed by atoms with van der Waals surface area (Å²) in [6.45, 7) is 2.22. The summed E-state index contributed by atoms with van der Waals surface area (Å²) in [7, 11) is 0. The van der Waals surface area contributed by atoms with Crippen molar-refractivity contribution in [3.63, 3.8) is 0 Å². The van der Waals surface area contributed by atoms with E-state index in [1.54, 1.807) is 12.4 Å². The molecule has 0 amide bonds. The maximum Gasteiger partial charge on any atom is 0.256 e. The molecule has 0 saturated carbocycles. The average molecular weight is 323 g/mol. The number of aromatic nitrogens is 3. The zero-order valence-corrected chi connectivity index (χ0v) is 13.2. The normalized spacial score (nSPS) is 15.0. The molecule has 3 rings (SSSR count). The van der Waals surface area contributed by atoms with Crippen LogP contribution in [0.2, 0.25) is 5.02 Å². The summed E-state index contributed by atoms with van der Waals surface area (Å²) in [4.78, 5) is 25.7. The number of thioether (sulfide) groups is 1. The number of halogens is 1. The maximum atomic E-state index is 12.1. The number of nitrogens with one attached hydrogen (secondary N) is 1. The zero-order valence-electron chi connectivity index (χ0n) is 11.6. The number of aromatic amines is 1. The third-order valence-electron chi connectivity index (χ3n) is 3.49. The van der Waals surface area contributed by atoms with Gasteiger partial charge in [-0.1, -0.05) is 23.4 Å². The van der Waals surface area contributed by atoms with Gasteiger partial charge in [-0.25, -0.2) is 4.98 Å². The molecule has 0 unspecified atom stereocenters. The number of nitrogens with zero attached hydrogens (tertiary/aromatic N) is 3. The molecule has 5 nitrogen and oxygen atoms in total. The van der Waals surface area contributed by atoms with Gasteiger partial charge in [-0.05, 0) is 17.9 Å². The lowest BCUT2D eigenvalue weighted by atomic mass is 10.1. The molecule has 3 heterocycles. The summed E-state index contributed by atoms with van der Waals surface area (Å²) < 4.78 is 0. The van der Waals surface area contributed by atoms with Gasteiger partial charge in [-0.3, -0.25) is 14.7 Å². The number of hydrogen-bond acceptors (Lipinski definition) is 5. The summed E-state index contributed by atoms with van der Waals surface area (Å²) in [6.07, 6.45) is 6.13. The number of H-pyrrole nitrogens is 1. The van der Waals surface area contributed by atoms with E-state index in [0.29, 0.717) is 16.7 Å². The van der Waals surface area contributed by atoms with Crippen LogP contribution in [0.5, 0.6) is 0 Å². The van der Waals surface area contributed by atoms with Crippen molar-refractivity contribution >= 4 is 23.4 Å². The van der Waals surface area contributed by atoms with Crippen molar-refractivity contribution in [3.05, 3.63) is 50.7 Å². The number of fused-ring (bicyclic) bond motifs is 1. The molecule has 1 aliphatic rings. The topological polar surface area (TPSA) is 61.9 Å². The van der Waals surface area contributed by atoms with E-state index in [9.17, 15) is 4.79 Å². The molecule has 0 aliphatic carbocycles. The van der Waals surface area contributed by atoms with Crippen LogP contribution in [0.4, 0.5) is 0 Å². The third kappa shape index (κ3) is 3.28. The van der Waals surface area contributed by atoms with Crippen LogP contribution in [-0.2, 0) is 19.5 Å². The van der Waals surface area contributed by atoms with Crippen molar-refractivity contribution in [2.75, 3.05) is 12.8 Å². The van der Waals surface area contributed by atoms with Crippen LogP contribution in [0.25, 0.3) is 0 Å². The Kier molecular flexibility index (Phi) is 4.28. The first kappa shape index (κ1) is 14.6. The Hall–Kier alpha value is -1.37. The van der Waals surface area contributed by atoms with Crippen molar-refractivity contribution in [3.8, 4) is 0 Å². The highest BCUT2D eigenvalue weighted by Gasteiger charge is 2.21. The SMILES string of the molecule is CSc1nc2c(c(=O)[nH]1)CN(Cc1cncc(Cl)c1)CC2. The van der Waals surface area contributed by atoms with Crippen molar-refractivity contribution < 1.29 is 0 Å². The van der Waals surface area contributed by atoms with Crippen molar-refractivity contribution in [1.29, 1.82) is 0 Å². The number of hydrogen-bond donors (Lipinski definition) is 1. The Morgan fingerprint density at radius 3 is 3.10 bits per heavy atom. The summed E-state index contributed by atoms with van der Waals surface area (Å²) in [5.41, 5.74) is 2.71. The minimum Gasteiger partial charge on any atom is -0.301 e. The monoisotopic (exact) mass is 322 g/mol. The first-order chi connectivity index (χ1) is 10.2. The van der Waals surface area contributed by atoms with Crippen LogP contribution in [-0.4, -0.2) is 32.7 Å². The van der Waals surface area contributed by atoms with E-state index in [2.05, 4.69) is 19.9 Å². The second-order valence-electron chi connectivity index (χ2n) is 4.97. The van der Waals surface area contributed by atoms with E-state index >= 15 is 0 Å². The Bertz CT molecular complexity index is 718. The summed E-state index contributed by atoms with van der Waals surface area (Å²) in [5.74, 6) is 0. The zero-order chi connectivity index (χ0) is 14.8. The van der Waals surface area contributed by atoms with Gasteiger partial charge in [-0.15, -0.1) is 0 Å². The van der Waals surface area contributed by atoms with E-state index in [-0.39, 0.29) is 5.56 Å². The predicted molar refractivity (Wildman–Crippen MR) is 83.7 cm³/mol. The van der Waals surface area contributed by atoms with Crippen LogP contribution in [0.15, 0.2) is 28.4 Å². The van der Waals surface area contributed by atoms with Gasteiger partial charge >= 0.3 is 0 Å². The molecular formula is C14H15ClN4OS. The molecule has 7 heteroatoms. The molecule has 0 aromatic carbocycles. The second-order valence-corrected chi connectivity index (χ2v) is 6.20. The van der Waals surface area contributed by atoms with Gasteiger partial charge in [0.15, 0.2) is 5.16 Å². The van der Waals surface area contributed by atoms with Gasteiger partial charge in [-0.2, -0.15) is 0 Å². The first-order valence-electron chi connectivity index (χ1n) is 6.63. The fourth-order valence-corrected chi connectivity index (χ4v) is 3.08. The van der Waals surface area contributed by atoms with Crippen LogP contribution in [0.1, 0.15) is 16.8 Å². The molecular weight excluding hydrogens is 308 g/mol. The van der Waals surface area contributed by atoms with Gasteiger partial charge < -0.3 is 4.98 Å². The van der Waals surface area contributed by atoms with Gasteiger partial charge in [0, 0.05) is 38.4 Å². The van der Waals surface area contributed by atoms with E-state index in [1.807, 2.05) is 12.3 Å². The highest BCUT2D eigenvalue weighted by atomic mass is 35.5. The van der Waals surface area contributed by atoms with Crippen LogP contribution in [0.3, 0.4) is 0 Å². The Labute approximate surface area is 131 Å². The van der Waals surface area contributed by atoms with E-state index in [4.69, 9.17) is 11.6 Å². The number of pyridine rings is 1. The molecule has 21 heavy (non-hydrogen) atoms. The molecule has 110 valence electrons. The smallest absolute Gasteiger partial charge is 0.256 e. The number of rotatable bonds is 3. The van der Waals surface area contributed by atoms with Crippen molar-refractivity contribution in [2.45, 2.75) is 24.7 Å². The van der Waals surface area contributed by atoms with Crippen LogP contribution >= 0.6 is 23.4 Å². The lowest BCUT2D eigenvalue weighted by Crippen LogP contribution is -2.35. The van der Waals surface area contributed by atoms with Crippen molar-refractivity contribution in [2.24, 2.45) is 0 Å². The van der Waals surface area contributed by atoms with Gasteiger partial charge in [0.2, 0.25) is 0 Å². The third-order valence-corrected chi connectivity index (χ3v) is 4.27. The highest BCUT2D eigenvalue weighted by Crippen LogP contribution is 2.19. The van der Waals surface area contributed by atoms with Crippen LogP contribution in [0, 0.1) is 0 Å². The highest BCUT2D eigenvalue weighted by molar-refractivity contribution is 7.98. The first-order valence-corrected chi connectivity index (χ1v) is 8.24. The molecule has 0 atom stereocenters. The Morgan fingerprint density at radius 2 is 2.33 bits per heavy atom. The largest absolute Gasteiger partial charge is 0.301 e. The lowest BCUT2D eigenvalue weighted by Gasteiger charge is -2.27. The summed E-state index contributed by atoms with van der Waals surface area (Å²) >= 11 is 7.41. The van der Waals surface area contributed by atoms with E-state index in [0.717, 1.165) is 36.3 Å². The molecule has 0 bridgehead atoms. The summed E-state index contributed by atoms with van der Waals surface area (Å²) in [5, 5.41) is 1.32. The minimum absolute atomic E-state index is 0.0294. The molecule has 1 N–H and O–H groups in total. The summed E-state index contributed by atoms with van der Waals surface area (Å²) in [6, 6.07) is 1.91. The van der Waals surface area contributed by atoms with Crippen molar-refractivity contribution in [1.82, 2.24) is 19.9 Å². The minimum atomic E-state index is -0.0294. The maximum absolute atomic E-state index is 12.1. The molecule has 2 aromatic heterocycles. The van der Waals surface area contributed by atoms with Gasteiger partial charge in [0.25, 0.3) is 5.56 Å². The fourth-order valence-electron chi connectivity index (χ4n) is 2.49. The van der Waals surface area contributed by atoms with E-state index < -0.39 is 0 Å². The second kappa shape index (κ2) is 6.17. The molecule has 0 radical (unpaired) electrons. The molecule has 0 fully saturated rings. The Balaban J connectivity index is 1.80. The van der Waals surface area contributed by atoms with Gasteiger partial charge in [0.1, 0.15) is 0 Å². The predicted octanol–water partition coefficient (Wildman–Crippen LogP) is 2.10. The molecule has 0 saturated heterocycles. The molecule has 0 spiro atoms. The lowest BCUT2D eigenvalue weighted by molar-refractivity contribution is 0.240. The van der Waals surface area contributed by atoms with Crippen LogP contribution < -0.4 is 5.56 Å². The fraction of sp³-hybridized carbons (Fsp3) is 0.357. The van der Waals surface area contributed by atoms with Gasteiger partial charge in [0.05, 0.1) is 16.3 Å². The Morgan fingerprint density at radius 1 is 1.48 bits per heavy atom. The molecule has 1 aliphatic heterocycles. The average Bonchev–Trinajstić information content (AvgIpc) is 2.47. The standard InChI is InChI=1S/C14H15ClN4OS/c1-21-14-17-12-2-3-19(8-11(12)13(20)18-14)7-9-4-10(15)6-16-5-9/h4-6H,2-3,7-8H2,1H3,(H,17,18,20).